The normalized spacial score (nSPS) is 12.1. The molecular formula is C12H14N4O2. The zero-order valence-corrected chi connectivity index (χ0v) is 9.98. The van der Waals surface area contributed by atoms with Crippen molar-refractivity contribution in [1.29, 1.82) is 0 Å². The Hall–Kier alpha value is -2.21. The summed E-state index contributed by atoms with van der Waals surface area (Å²) in [7, 11) is 0. The number of rotatable bonds is 5. The summed E-state index contributed by atoms with van der Waals surface area (Å²) in [6.07, 6.45) is 6.47. The summed E-state index contributed by atoms with van der Waals surface area (Å²) < 4.78 is 1.52. The topological polar surface area (TPSA) is 69.0 Å². The smallest absolute Gasteiger partial charge is 0.265 e. The summed E-state index contributed by atoms with van der Waals surface area (Å²) in [4.78, 5) is 20.7. The van der Waals surface area contributed by atoms with Crippen LogP contribution in [0, 0.1) is 0 Å². The molecule has 0 saturated heterocycles. The average molecular weight is 246 g/mol. The van der Waals surface area contributed by atoms with Gasteiger partial charge in [0.25, 0.3) is 5.91 Å². The molecule has 0 aliphatic heterocycles. The largest absolute Gasteiger partial charge is 0.271 e. The molecule has 0 aliphatic rings. The first-order valence-corrected chi connectivity index (χ1v) is 5.57. The fraction of sp³-hybridized carbons (Fsp3) is 0.250. The molecule has 1 N–H and O–H groups in total. The summed E-state index contributed by atoms with van der Waals surface area (Å²) in [6.45, 7) is 1.99. The van der Waals surface area contributed by atoms with Gasteiger partial charge in [0.05, 0.1) is 0 Å². The van der Waals surface area contributed by atoms with E-state index in [0.29, 0.717) is 0 Å². The van der Waals surface area contributed by atoms with Crippen molar-refractivity contribution in [3.05, 3.63) is 48.5 Å². The van der Waals surface area contributed by atoms with E-state index in [1.165, 1.54) is 4.68 Å². The Bertz CT molecular complexity index is 484. The number of amides is 1. The summed E-state index contributed by atoms with van der Waals surface area (Å²) in [5.74, 6) is -0.250. The average Bonchev–Trinajstić information content (AvgIpc) is 2.90. The molecule has 94 valence electrons. The first kappa shape index (κ1) is 12.3. The zero-order valence-electron chi connectivity index (χ0n) is 9.98. The Kier molecular flexibility index (Phi) is 4.03. The third kappa shape index (κ3) is 3.39. The summed E-state index contributed by atoms with van der Waals surface area (Å²) >= 11 is 0. The van der Waals surface area contributed by atoms with Crippen LogP contribution in [0.2, 0.25) is 0 Å². The number of pyridine rings is 1. The number of hydroxylamine groups is 1. The number of hydrogen-bond acceptors (Lipinski definition) is 4. The molecule has 6 nitrogen and oxygen atoms in total. The molecule has 18 heavy (non-hydrogen) atoms. The van der Waals surface area contributed by atoms with Gasteiger partial charge in [-0.3, -0.25) is 19.3 Å². The van der Waals surface area contributed by atoms with E-state index >= 15 is 0 Å². The minimum absolute atomic E-state index is 0.135. The second kappa shape index (κ2) is 5.92. The zero-order chi connectivity index (χ0) is 12.8. The molecule has 1 amide bonds. The fourth-order valence-electron chi connectivity index (χ4n) is 1.43. The lowest BCUT2D eigenvalue weighted by molar-refractivity contribution is -0.138. The highest BCUT2D eigenvalue weighted by molar-refractivity contribution is 5.74. The van der Waals surface area contributed by atoms with Crippen molar-refractivity contribution >= 4 is 5.91 Å². The maximum atomic E-state index is 11.5. The molecule has 2 heterocycles. The van der Waals surface area contributed by atoms with Crippen molar-refractivity contribution in [2.45, 2.75) is 19.6 Å². The van der Waals surface area contributed by atoms with Gasteiger partial charge in [0, 0.05) is 24.8 Å². The van der Waals surface area contributed by atoms with Gasteiger partial charge in [0.2, 0.25) is 0 Å². The van der Waals surface area contributed by atoms with Crippen LogP contribution in [-0.2, 0) is 16.2 Å². The Morgan fingerprint density at radius 1 is 1.44 bits per heavy atom. The fourth-order valence-corrected chi connectivity index (χ4v) is 1.43. The molecule has 1 atom stereocenters. The maximum Gasteiger partial charge on any atom is 0.265 e. The van der Waals surface area contributed by atoms with E-state index in [-0.39, 0.29) is 18.6 Å². The lowest BCUT2D eigenvalue weighted by Crippen LogP contribution is -2.29. The second-order valence-corrected chi connectivity index (χ2v) is 3.77. The van der Waals surface area contributed by atoms with Gasteiger partial charge in [-0.1, -0.05) is 0 Å². The van der Waals surface area contributed by atoms with Crippen LogP contribution in [-0.4, -0.2) is 20.7 Å². The van der Waals surface area contributed by atoms with Crippen LogP contribution in [0.15, 0.2) is 43.0 Å². The van der Waals surface area contributed by atoms with Crippen molar-refractivity contribution in [3.63, 3.8) is 0 Å². The van der Waals surface area contributed by atoms with Crippen molar-refractivity contribution in [1.82, 2.24) is 20.2 Å². The van der Waals surface area contributed by atoms with Crippen LogP contribution in [0.3, 0.4) is 0 Å². The number of nitrogens with zero attached hydrogens (tertiary/aromatic N) is 3. The predicted octanol–water partition coefficient (Wildman–Crippen LogP) is 1.09. The van der Waals surface area contributed by atoms with Gasteiger partial charge in [0.15, 0.2) is 0 Å². The van der Waals surface area contributed by atoms with Crippen LogP contribution >= 0.6 is 0 Å². The molecule has 2 aromatic rings. The molecule has 0 fully saturated rings. The van der Waals surface area contributed by atoms with Crippen LogP contribution in [0.5, 0.6) is 0 Å². The highest BCUT2D eigenvalue weighted by atomic mass is 16.7. The molecular weight excluding hydrogens is 232 g/mol. The quantitative estimate of drug-likeness (QED) is 0.802. The van der Waals surface area contributed by atoms with Crippen molar-refractivity contribution in [2.24, 2.45) is 0 Å². The van der Waals surface area contributed by atoms with Gasteiger partial charge in [-0.2, -0.15) is 5.10 Å². The van der Waals surface area contributed by atoms with Crippen molar-refractivity contribution in [2.75, 3.05) is 0 Å². The minimum atomic E-state index is -0.250. The molecule has 0 bridgehead atoms. The maximum absolute atomic E-state index is 11.5. The lowest BCUT2D eigenvalue weighted by Gasteiger charge is -2.13. The third-order valence-corrected chi connectivity index (χ3v) is 2.39. The molecule has 0 radical (unpaired) electrons. The molecule has 0 spiro atoms. The number of nitrogens with one attached hydrogen (secondary N) is 1. The number of carbonyl (C=O) groups excluding carboxylic acids is 1. The van der Waals surface area contributed by atoms with Crippen LogP contribution in [0.4, 0.5) is 0 Å². The molecule has 2 aromatic heterocycles. The molecule has 2 rings (SSSR count). The van der Waals surface area contributed by atoms with E-state index in [2.05, 4.69) is 15.6 Å². The van der Waals surface area contributed by atoms with E-state index in [1.807, 2.05) is 19.1 Å². The standard InChI is InChI=1S/C12H14N4O2/c1-10(11-3-6-13-7-4-11)18-15-12(17)9-16-8-2-5-14-16/h2-8,10H,9H2,1H3,(H,15,17)/t10-/m0/s1. The minimum Gasteiger partial charge on any atom is -0.271 e. The van der Waals surface area contributed by atoms with Gasteiger partial charge >= 0.3 is 0 Å². The summed E-state index contributed by atoms with van der Waals surface area (Å²) in [5, 5.41) is 3.93. The number of hydrogen-bond donors (Lipinski definition) is 1. The van der Waals surface area contributed by atoms with Crippen LogP contribution < -0.4 is 5.48 Å². The van der Waals surface area contributed by atoms with Crippen LogP contribution in [0.25, 0.3) is 0 Å². The summed E-state index contributed by atoms with van der Waals surface area (Å²) in [6, 6.07) is 5.43. The van der Waals surface area contributed by atoms with Crippen LogP contribution in [0.1, 0.15) is 18.6 Å². The van der Waals surface area contributed by atoms with Gasteiger partial charge < -0.3 is 0 Å². The van der Waals surface area contributed by atoms with E-state index in [0.717, 1.165) is 5.56 Å². The van der Waals surface area contributed by atoms with Gasteiger partial charge in [-0.05, 0) is 30.7 Å². The Morgan fingerprint density at radius 2 is 2.22 bits per heavy atom. The Morgan fingerprint density at radius 3 is 2.89 bits per heavy atom. The summed E-state index contributed by atoms with van der Waals surface area (Å²) in [5.41, 5.74) is 3.35. The van der Waals surface area contributed by atoms with Crippen molar-refractivity contribution in [3.8, 4) is 0 Å². The lowest BCUT2D eigenvalue weighted by atomic mass is 10.2. The Balaban J connectivity index is 1.79. The van der Waals surface area contributed by atoms with Crippen molar-refractivity contribution < 1.29 is 9.63 Å². The highest BCUT2D eigenvalue weighted by Crippen LogP contribution is 2.13. The highest BCUT2D eigenvalue weighted by Gasteiger charge is 2.08. The molecule has 0 saturated carbocycles. The number of carbonyl (C=O) groups is 1. The van der Waals surface area contributed by atoms with Gasteiger partial charge in [0.1, 0.15) is 12.6 Å². The van der Waals surface area contributed by atoms with Gasteiger partial charge in [-0.25, -0.2) is 5.48 Å². The Labute approximate surface area is 105 Å². The van der Waals surface area contributed by atoms with E-state index in [4.69, 9.17) is 4.84 Å². The molecule has 0 aromatic carbocycles. The molecule has 6 heteroatoms. The first-order chi connectivity index (χ1) is 8.75. The third-order valence-electron chi connectivity index (χ3n) is 2.39. The number of aromatic nitrogens is 3. The monoisotopic (exact) mass is 246 g/mol. The molecule has 0 aliphatic carbocycles. The van der Waals surface area contributed by atoms with E-state index < -0.39 is 0 Å². The SMILES string of the molecule is C[C@H](ONC(=O)Cn1cccn1)c1ccncc1. The predicted molar refractivity (Wildman–Crippen MR) is 64.1 cm³/mol. The second-order valence-electron chi connectivity index (χ2n) is 3.77. The molecule has 0 unspecified atom stereocenters. The van der Waals surface area contributed by atoms with E-state index in [9.17, 15) is 4.79 Å². The first-order valence-electron chi connectivity index (χ1n) is 5.57. The van der Waals surface area contributed by atoms with Gasteiger partial charge in [-0.15, -0.1) is 0 Å². The van der Waals surface area contributed by atoms with E-state index in [1.54, 1.807) is 30.9 Å².